The number of aliphatic imine (C=N–C) groups is 1. The molecule has 0 heterocycles. The van der Waals surface area contributed by atoms with Gasteiger partial charge in [-0.15, -0.1) is 0 Å². The second-order valence-electron chi connectivity index (χ2n) is 1.30. The van der Waals surface area contributed by atoms with Gasteiger partial charge in [0, 0.05) is 6.26 Å². The molecule has 0 fully saturated rings. The summed E-state index contributed by atoms with van der Waals surface area (Å²) >= 11 is 0. The summed E-state index contributed by atoms with van der Waals surface area (Å²) in [5, 5.41) is 0. The maximum absolute atomic E-state index is 10.1. The molecule has 0 aliphatic heterocycles. The zero-order chi connectivity index (χ0) is 6.62. The molecule has 0 saturated heterocycles. The second kappa shape index (κ2) is 2.59. The number of rotatable bonds is 2. The van der Waals surface area contributed by atoms with E-state index in [4.69, 9.17) is 0 Å². The summed E-state index contributed by atoms with van der Waals surface area (Å²) in [5.74, 6) is -0.462. The molecule has 0 atom stereocenters. The number of isocyanates is 1. The van der Waals surface area contributed by atoms with Crippen LogP contribution in [0.1, 0.15) is 0 Å². The predicted molar refractivity (Wildman–Crippen MR) is 27.8 cm³/mol. The maximum Gasteiger partial charge on any atom is 0.235 e. The summed E-state index contributed by atoms with van der Waals surface area (Å²) < 4.78 is 20.2. The van der Waals surface area contributed by atoms with Gasteiger partial charge in [0.25, 0.3) is 0 Å². The average molecular weight is 135 g/mol. The molecule has 0 aliphatic carbocycles. The SMILES string of the molecule is CS(=O)(=O)CN=C=O. The third kappa shape index (κ3) is 5.33. The summed E-state index contributed by atoms with van der Waals surface area (Å²) in [4.78, 5) is 12.1. The van der Waals surface area contributed by atoms with E-state index < -0.39 is 15.7 Å². The Morgan fingerprint density at radius 2 is 2.12 bits per heavy atom. The molecule has 0 saturated carbocycles. The quantitative estimate of drug-likeness (QED) is 0.372. The molecule has 8 heavy (non-hydrogen) atoms. The molecule has 0 unspecified atom stereocenters. The van der Waals surface area contributed by atoms with Crippen molar-refractivity contribution in [2.45, 2.75) is 0 Å². The second-order valence-corrected chi connectivity index (χ2v) is 3.41. The zero-order valence-electron chi connectivity index (χ0n) is 4.29. The number of hydrogen-bond donors (Lipinski definition) is 0. The van der Waals surface area contributed by atoms with Crippen LogP contribution in [0.3, 0.4) is 0 Å². The molecule has 0 aliphatic rings. The van der Waals surface area contributed by atoms with Crippen LogP contribution in [0, 0.1) is 0 Å². The lowest BCUT2D eigenvalue weighted by molar-refractivity contribution is 0.563. The minimum atomic E-state index is -3.12. The molecule has 46 valence electrons. The molecular weight excluding hydrogens is 130 g/mol. The Morgan fingerprint density at radius 1 is 1.62 bits per heavy atom. The zero-order valence-corrected chi connectivity index (χ0v) is 5.10. The minimum Gasteiger partial charge on any atom is -0.227 e. The molecular formula is C3H5NO3S. The molecule has 5 heteroatoms. The van der Waals surface area contributed by atoms with E-state index >= 15 is 0 Å². The molecule has 0 radical (unpaired) electrons. The van der Waals surface area contributed by atoms with Crippen LogP contribution in [0.5, 0.6) is 0 Å². The van der Waals surface area contributed by atoms with Crippen LogP contribution in [-0.4, -0.2) is 26.6 Å². The Hall–Kier alpha value is -0.670. The van der Waals surface area contributed by atoms with Crippen LogP contribution in [0.15, 0.2) is 4.99 Å². The largest absolute Gasteiger partial charge is 0.235 e. The van der Waals surface area contributed by atoms with Crippen LogP contribution in [0.2, 0.25) is 0 Å². The first kappa shape index (κ1) is 7.33. The molecule has 0 bridgehead atoms. The van der Waals surface area contributed by atoms with Crippen LogP contribution in [0.4, 0.5) is 0 Å². The van der Waals surface area contributed by atoms with E-state index in [9.17, 15) is 13.2 Å². The summed E-state index contributed by atoms with van der Waals surface area (Å²) in [6.07, 6.45) is 2.11. The predicted octanol–water partition coefficient (Wildman–Crippen LogP) is -0.676. The van der Waals surface area contributed by atoms with Crippen molar-refractivity contribution in [3.63, 3.8) is 0 Å². The maximum atomic E-state index is 10.1. The van der Waals surface area contributed by atoms with Crippen LogP contribution < -0.4 is 0 Å². The normalized spacial score (nSPS) is 10.1. The average Bonchev–Trinajstić information content (AvgIpc) is 1.59. The van der Waals surface area contributed by atoms with Crippen LogP contribution >= 0.6 is 0 Å². The van der Waals surface area contributed by atoms with Gasteiger partial charge in [0.2, 0.25) is 6.08 Å². The van der Waals surface area contributed by atoms with Crippen molar-refractivity contribution in [2.24, 2.45) is 4.99 Å². The fourth-order valence-electron chi connectivity index (χ4n) is 0.144. The lowest BCUT2D eigenvalue weighted by Crippen LogP contribution is -1.98. The van der Waals surface area contributed by atoms with E-state index in [0.29, 0.717) is 0 Å². The van der Waals surface area contributed by atoms with Gasteiger partial charge in [-0.05, 0) is 0 Å². The highest BCUT2D eigenvalue weighted by atomic mass is 32.2. The highest BCUT2D eigenvalue weighted by Gasteiger charge is 1.96. The Morgan fingerprint density at radius 3 is 2.25 bits per heavy atom. The standard InChI is InChI=1S/C3H5NO3S/c1-8(6,7)3-4-2-5/h3H2,1H3. The fraction of sp³-hybridized carbons (Fsp3) is 0.667. The molecule has 0 aromatic rings. The first-order valence-corrected chi connectivity index (χ1v) is 3.83. The molecule has 0 N–H and O–H groups in total. The molecule has 0 aromatic heterocycles. The van der Waals surface area contributed by atoms with Gasteiger partial charge < -0.3 is 0 Å². The topological polar surface area (TPSA) is 63.6 Å². The first-order chi connectivity index (χ1) is 3.56. The highest BCUT2D eigenvalue weighted by molar-refractivity contribution is 7.90. The van der Waals surface area contributed by atoms with Crippen LogP contribution in [0.25, 0.3) is 0 Å². The van der Waals surface area contributed by atoms with Crippen molar-refractivity contribution in [3.8, 4) is 0 Å². The van der Waals surface area contributed by atoms with Gasteiger partial charge in [0.05, 0.1) is 0 Å². The van der Waals surface area contributed by atoms with Crippen molar-refractivity contribution < 1.29 is 13.2 Å². The van der Waals surface area contributed by atoms with Crippen molar-refractivity contribution in [2.75, 3.05) is 12.1 Å². The fourth-order valence-corrected chi connectivity index (χ4v) is 0.431. The first-order valence-electron chi connectivity index (χ1n) is 1.77. The number of nitrogens with zero attached hydrogens (tertiary/aromatic N) is 1. The Kier molecular flexibility index (Phi) is 2.37. The van der Waals surface area contributed by atoms with Crippen molar-refractivity contribution in [1.29, 1.82) is 0 Å². The third-order valence-electron chi connectivity index (χ3n) is 0.364. The summed E-state index contributed by atoms with van der Waals surface area (Å²) in [5.41, 5.74) is 0. The number of carbonyl (C=O) groups excluding carboxylic acids is 1. The summed E-state index contributed by atoms with van der Waals surface area (Å²) in [6.45, 7) is 0. The van der Waals surface area contributed by atoms with Crippen molar-refractivity contribution >= 4 is 15.9 Å². The highest BCUT2D eigenvalue weighted by Crippen LogP contribution is 1.79. The monoisotopic (exact) mass is 135 g/mol. The summed E-state index contributed by atoms with van der Waals surface area (Å²) in [7, 11) is -3.12. The Bertz CT molecular complexity index is 199. The van der Waals surface area contributed by atoms with E-state index in [1.807, 2.05) is 0 Å². The number of hydrogen-bond acceptors (Lipinski definition) is 4. The van der Waals surface area contributed by atoms with Crippen molar-refractivity contribution in [3.05, 3.63) is 0 Å². The molecule has 0 rings (SSSR count). The Labute approximate surface area is 47.2 Å². The lowest BCUT2D eigenvalue weighted by Gasteiger charge is -1.82. The van der Waals surface area contributed by atoms with Gasteiger partial charge in [-0.1, -0.05) is 0 Å². The number of sulfone groups is 1. The van der Waals surface area contributed by atoms with E-state index in [-0.39, 0.29) is 0 Å². The van der Waals surface area contributed by atoms with Gasteiger partial charge in [-0.3, -0.25) is 0 Å². The van der Waals surface area contributed by atoms with E-state index in [1.54, 1.807) is 0 Å². The van der Waals surface area contributed by atoms with Gasteiger partial charge in [-0.2, -0.15) is 4.99 Å². The minimum absolute atomic E-state index is 0.462. The van der Waals surface area contributed by atoms with Gasteiger partial charge >= 0.3 is 0 Å². The van der Waals surface area contributed by atoms with E-state index in [2.05, 4.69) is 4.99 Å². The smallest absolute Gasteiger partial charge is 0.227 e. The lowest BCUT2D eigenvalue weighted by atomic mass is 11.4. The molecule has 4 nitrogen and oxygen atoms in total. The van der Waals surface area contributed by atoms with E-state index in [0.717, 1.165) is 12.3 Å². The van der Waals surface area contributed by atoms with Crippen LogP contribution in [-0.2, 0) is 14.6 Å². The van der Waals surface area contributed by atoms with Gasteiger partial charge in [-0.25, -0.2) is 13.2 Å². The van der Waals surface area contributed by atoms with Crippen molar-refractivity contribution in [1.82, 2.24) is 0 Å². The molecule has 0 spiro atoms. The molecule has 0 aromatic carbocycles. The van der Waals surface area contributed by atoms with Gasteiger partial charge in [0.15, 0.2) is 15.7 Å². The molecule has 0 amide bonds. The third-order valence-corrected chi connectivity index (χ3v) is 0.962. The Balaban J connectivity index is 3.94. The van der Waals surface area contributed by atoms with E-state index in [1.165, 1.54) is 0 Å². The van der Waals surface area contributed by atoms with Gasteiger partial charge in [0.1, 0.15) is 0 Å². The summed E-state index contributed by atoms with van der Waals surface area (Å²) in [6, 6.07) is 0.